The molecule has 1 nitrogen and oxygen atoms in total. The maximum atomic E-state index is 3.70. The Hall–Kier alpha value is -0.820. The Kier molecular flexibility index (Phi) is 6.06. The molecule has 0 heterocycles. The van der Waals surface area contributed by atoms with Gasteiger partial charge in [-0.2, -0.15) is 0 Å². The quantitative estimate of drug-likeness (QED) is 0.778. The van der Waals surface area contributed by atoms with Gasteiger partial charge in [0, 0.05) is 6.04 Å². The molecule has 0 aliphatic heterocycles. The van der Waals surface area contributed by atoms with Gasteiger partial charge in [0.25, 0.3) is 0 Å². The molecule has 1 heteroatoms. The minimum atomic E-state index is 0.298. The van der Waals surface area contributed by atoms with Gasteiger partial charge in [-0.3, -0.25) is 0 Å². The Morgan fingerprint density at radius 2 is 1.63 bits per heavy atom. The highest BCUT2D eigenvalue weighted by atomic mass is 14.9. The number of hydrogen-bond donors (Lipinski definition) is 1. The molecule has 0 saturated heterocycles. The van der Waals surface area contributed by atoms with E-state index in [2.05, 4.69) is 71.1 Å². The van der Waals surface area contributed by atoms with Crippen LogP contribution in [0, 0.1) is 5.41 Å². The zero-order valence-electron chi connectivity index (χ0n) is 13.6. The zero-order valence-corrected chi connectivity index (χ0v) is 13.6. The van der Waals surface area contributed by atoms with Crippen molar-refractivity contribution in [2.24, 2.45) is 5.41 Å². The largest absolute Gasteiger partial charge is 0.313 e. The molecule has 1 atom stereocenters. The van der Waals surface area contributed by atoms with E-state index in [1.165, 1.54) is 17.5 Å². The fraction of sp³-hybridized carbons (Fsp3) is 0.667. The van der Waals surface area contributed by atoms with Crippen LogP contribution < -0.4 is 5.32 Å². The van der Waals surface area contributed by atoms with Crippen molar-refractivity contribution < 1.29 is 0 Å². The van der Waals surface area contributed by atoms with Gasteiger partial charge in [0.15, 0.2) is 0 Å². The van der Waals surface area contributed by atoms with Gasteiger partial charge < -0.3 is 5.32 Å². The Morgan fingerprint density at radius 1 is 1.05 bits per heavy atom. The molecular formula is C18H31N. The average molecular weight is 261 g/mol. The zero-order chi connectivity index (χ0) is 14.5. The van der Waals surface area contributed by atoms with E-state index in [0.29, 0.717) is 17.4 Å². The molecule has 0 saturated carbocycles. The first kappa shape index (κ1) is 16.2. The minimum absolute atomic E-state index is 0.298. The summed E-state index contributed by atoms with van der Waals surface area (Å²) in [5.74, 6) is 0.616. The van der Waals surface area contributed by atoms with Crippen LogP contribution in [0.2, 0.25) is 0 Å². The van der Waals surface area contributed by atoms with Crippen LogP contribution in [-0.2, 0) is 6.42 Å². The predicted octanol–water partition coefficient (Wildman–Crippen LogP) is 4.77. The van der Waals surface area contributed by atoms with E-state index in [0.717, 1.165) is 13.0 Å². The fourth-order valence-corrected chi connectivity index (χ4v) is 2.28. The van der Waals surface area contributed by atoms with Crippen molar-refractivity contribution in [1.82, 2.24) is 5.32 Å². The summed E-state index contributed by atoms with van der Waals surface area (Å²) in [6, 6.07) is 9.68. The van der Waals surface area contributed by atoms with Crippen molar-refractivity contribution in [3.05, 3.63) is 35.4 Å². The summed E-state index contributed by atoms with van der Waals surface area (Å²) in [6.45, 7) is 14.8. The number of hydrogen-bond acceptors (Lipinski definition) is 1. The van der Waals surface area contributed by atoms with Crippen LogP contribution in [0.4, 0.5) is 0 Å². The van der Waals surface area contributed by atoms with Crippen molar-refractivity contribution in [3.8, 4) is 0 Å². The van der Waals surface area contributed by atoms with Crippen molar-refractivity contribution in [2.45, 2.75) is 66.3 Å². The first-order valence-corrected chi connectivity index (χ1v) is 7.66. The summed E-state index contributed by atoms with van der Waals surface area (Å²) in [5, 5.41) is 3.70. The third kappa shape index (κ3) is 5.36. The lowest BCUT2D eigenvalue weighted by Gasteiger charge is -2.32. The van der Waals surface area contributed by atoms with Crippen LogP contribution in [0.3, 0.4) is 0 Å². The van der Waals surface area contributed by atoms with E-state index in [1.807, 2.05) is 0 Å². The molecular weight excluding hydrogens is 230 g/mol. The van der Waals surface area contributed by atoms with Crippen LogP contribution in [0.25, 0.3) is 0 Å². The van der Waals surface area contributed by atoms with E-state index < -0.39 is 0 Å². The molecule has 1 rings (SSSR count). The summed E-state index contributed by atoms with van der Waals surface area (Å²) in [5.41, 5.74) is 3.16. The molecule has 0 amide bonds. The van der Waals surface area contributed by atoms with Gasteiger partial charge in [0.2, 0.25) is 0 Å². The Bertz CT molecular complexity index is 356. The maximum Gasteiger partial charge on any atom is 0.0156 e. The second-order valence-electron chi connectivity index (χ2n) is 6.97. The number of rotatable bonds is 6. The summed E-state index contributed by atoms with van der Waals surface area (Å²) in [7, 11) is 0. The second-order valence-corrected chi connectivity index (χ2v) is 6.97. The smallest absolute Gasteiger partial charge is 0.0156 e. The molecule has 0 aliphatic rings. The standard InChI is InChI=1S/C18H31N/c1-7-12-19-17(18(4,5)6)13-15-8-10-16(11-9-15)14(2)3/h8-11,14,17,19H,7,12-13H2,1-6H3. The summed E-state index contributed by atoms with van der Waals surface area (Å²) in [6.07, 6.45) is 2.31. The molecule has 0 fully saturated rings. The molecule has 1 unspecified atom stereocenters. The lowest BCUT2D eigenvalue weighted by atomic mass is 9.82. The van der Waals surface area contributed by atoms with Gasteiger partial charge in [0.05, 0.1) is 0 Å². The van der Waals surface area contributed by atoms with E-state index in [4.69, 9.17) is 0 Å². The van der Waals surface area contributed by atoms with E-state index >= 15 is 0 Å². The van der Waals surface area contributed by atoms with E-state index in [-0.39, 0.29) is 0 Å². The third-order valence-corrected chi connectivity index (χ3v) is 3.77. The second kappa shape index (κ2) is 7.09. The fourth-order valence-electron chi connectivity index (χ4n) is 2.28. The first-order valence-electron chi connectivity index (χ1n) is 7.66. The summed E-state index contributed by atoms with van der Waals surface area (Å²) in [4.78, 5) is 0. The first-order chi connectivity index (χ1) is 8.84. The van der Waals surface area contributed by atoms with Crippen LogP contribution in [0.5, 0.6) is 0 Å². The van der Waals surface area contributed by atoms with Gasteiger partial charge in [-0.15, -0.1) is 0 Å². The molecule has 0 radical (unpaired) electrons. The Balaban J connectivity index is 2.73. The van der Waals surface area contributed by atoms with Gasteiger partial charge in [-0.25, -0.2) is 0 Å². The van der Waals surface area contributed by atoms with Crippen LogP contribution in [0.15, 0.2) is 24.3 Å². The van der Waals surface area contributed by atoms with Crippen LogP contribution in [0.1, 0.15) is 65.0 Å². The highest BCUT2D eigenvalue weighted by molar-refractivity contribution is 5.25. The average Bonchev–Trinajstić information content (AvgIpc) is 2.33. The maximum absolute atomic E-state index is 3.70. The predicted molar refractivity (Wildman–Crippen MR) is 85.8 cm³/mol. The lowest BCUT2D eigenvalue weighted by molar-refractivity contribution is 0.267. The topological polar surface area (TPSA) is 12.0 Å². The van der Waals surface area contributed by atoms with Crippen molar-refractivity contribution >= 4 is 0 Å². The van der Waals surface area contributed by atoms with E-state index in [9.17, 15) is 0 Å². The SMILES string of the molecule is CCCNC(Cc1ccc(C(C)C)cc1)C(C)(C)C. The van der Waals surface area contributed by atoms with Gasteiger partial charge in [-0.1, -0.05) is 65.8 Å². The molecule has 19 heavy (non-hydrogen) atoms. The number of benzene rings is 1. The molecule has 1 N–H and O–H groups in total. The number of nitrogens with one attached hydrogen (secondary N) is 1. The highest BCUT2D eigenvalue weighted by Crippen LogP contribution is 2.23. The van der Waals surface area contributed by atoms with E-state index in [1.54, 1.807) is 0 Å². The minimum Gasteiger partial charge on any atom is -0.313 e. The highest BCUT2D eigenvalue weighted by Gasteiger charge is 2.23. The van der Waals surface area contributed by atoms with Crippen molar-refractivity contribution in [2.75, 3.05) is 6.54 Å². The lowest BCUT2D eigenvalue weighted by Crippen LogP contribution is -2.42. The van der Waals surface area contributed by atoms with Gasteiger partial charge >= 0.3 is 0 Å². The van der Waals surface area contributed by atoms with Gasteiger partial charge in [0.1, 0.15) is 0 Å². The normalized spacial score (nSPS) is 13.8. The Morgan fingerprint density at radius 3 is 2.05 bits per heavy atom. The van der Waals surface area contributed by atoms with Gasteiger partial charge in [-0.05, 0) is 41.8 Å². The molecule has 0 spiro atoms. The molecule has 0 aliphatic carbocycles. The van der Waals surface area contributed by atoms with Crippen molar-refractivity contribution in [3.63, 3.8) is 0 Å². The monoisotopic (exact) mass is 261 g/mol. The third-order valence-electron chi connectivity index (χ3n) is 3.77. The molecule has 1 aromatic carbocycles. The summed E-state index contributed by atoms with van der Waals surface area (Å²) >= 11 is 0. The molecule has 108 valence electrons. The molecule has 0 bridgehead atoms. The van der Waals surface area contributed by atoms with Crippen molar-refractivity contribution in [1.29, 1.82) is 0 Å². The summed E-state index contributed by atoms with van der Waals surface area (Å²) < 4.78 is 0. The van der Waals surface area contributed by atoms with Crippen LogP contribution >= 0.6 is 0 Å². The molecule has 1 aromatic rings. The Labute approximate surface area is 119 Å². The van der Waals surface area contributed by atoms with Crippen LogP contribution in [-0.4, -0.2) is 12.6 Å². The molecule has 0 aromatic heterocycles.